The SMILES string of the molecule is C[C@@H](N)[C@@H]1CCCN(S(=O)(=O)c2ccc(F)c(Cl)c2)C1. The third kappa shape index (κ3) is 3.14. The molecule has 1 aromatic carbocycles. The van der Waals surface area contributed by atoms with E-state index in [4.69, 9.17) is 17.3 Å². The first kappa shape index (κ1) is 15.7. The second-order valence-corrected chi connectivity index (χ2v) is 7.55. The first-order chi connectivity index (χ1) is 9.32. The number of piperidine rings is 1. The fraction of sp³-hybridized carbons (Fsp3) is 0.538. The third-order valence-electron chi connectivity index (χ3n) is 3.69. The van der Waals surface area contributed by atoms with Crippen molar-refractivity contribution in [3.8, 4) is 0 Å². The highest BCUT2D eigenvalue weighted by atomic mass is 35.5. The van der Waals surface area contributed by atoms with Crippen LogP contribution >= 0.6 is 11.6 Å². The fourth-order valence-electron chi connectivity index (χ4n) is 2.41. The fourth-order valence-corrected chi connectivity index (χ4v) is 4.22. The molecule has 4 nitrogen and oxygen atoms in total. The van der Waals surface area contributed by atoms with Gasteiger partial charge in [-0.3, -0.25) is 0 Å². The average molecular weight is 321 g/mol. The summed E-state index contributed by atoms with van der Waals surface area (Å²) in [6.07, 6.45) is 1.70. The predicted octanol–water partition coefficient (Wildman–Crippen LogP) is 2.23. The van der Waals surface area contributed by atoms with Crippen LogP contribution in [0.15, 0.2) is 23.1 Å². The van der Waals surface area contributed by atoms with E-state index in [2.05, 4.69) is 0 Å². The van der Waals surface area contributed by atoms with Crippen molar-refractivity contribution in [1.82, 2.24) is 4.31 Å². The van der Waals surface area contributed by atoms with Gasteiger partial charge < -0.3 is 5.73 Å². The van der Waals surface area contributed by atoms with Crippen LogP contribution in [0.25, 0.3) is 0 Å². The molecule has 2 N–H and O–H groups in total. The van der Waals surface area contributed by atoms with Gasteiger partial charge in [0.05, 0.1) is 9.92 Å². The lowest BCUT2D eigenvalue weighted by Crippen LogP contribution is -2.44. The highest BCUT2D eigenvalue weighted by molar-refractivity contribution is 7.89. The molecule has 7 heteroatoms. The Hall–Kier alpha value is -0.690. The number of benzene rings is 1. The first-order valence-electron chi connectivity index (χ1n) is 6.53. The maximum atomic E-state index is 13.1. The average Bonchev–Trinajstić information content (AvgIpc) is 2.42. The summed E-state index contributed by atoms with van der Waals surface area (Å²) in [6, 6.07) is 3.42. The number of hydrogen-bond donors (Lipinski definition) is 1. The summed E-state index contributed by atoms with van der Waals surface area (Å²) in [5.41, 5.74) is 5.86. The molecule has 0 amide bonds. The van der Waals surface area contributed by atoms with Gasteiger partial charge in [-0.1, -0.05) is 11.6 Å². The Bertz CT molecular complexity index is 592. The van der Waals surface area contributed by atoms with Gasteiger partial charge in [-0.2, -0.15) is 4.31 Å². The Morgan fingerprint density at radius 3 is 2.80 bits per heavy atom. The Morgan fingerprint density at radius 1 is 1.50 bits per heavy atom. The summed E-state index contributed by atoms with van der Waals surface area (Å²) >= 11 is 5.66. The topological polar surface area (TPSA) is 63.4 Å². The predicted molar refractivity (Wildman–Crippen MR) is 76.5 cm³/mol. The molecule has 0 saturated carbocycles. The van der Waals surface area contributed by atoms with Crippen LogP contribution in [-0.4, -0.2) is 31.9 Å². The van der Waals surface area contributed by atoms with Crippen molar-refractivity contribution in [3.05, 3.63) is 29.0 Å². The number of sulfonamides is 1. The van der Waals surface area contributed by atoms with Crippen LogP contribution in [0.5, 0.6) is 0 Å². The Morgan fingerprint density at radius 2 is 2.20 bits per heavy atom. The largest absolute Gasteiger partial charge is 0.328 e. The van der Waals surface area contributed by atoms with Crippen LogP contribution in [0.4, 0.5) is 4.39 Å². The van der Waals surface area contributed by atoms with Crippen molar-refractivity contribution >= 4 is 21.6 Å². The number of nitrogens with two attached hydrogens (primary N) is 1. The standard InChI is InChI=1S/C13H18ClFN2O2S/c1-9(16)10-3-2-6-17(8-10)20(18,19)11-4-5-13(15)12(14)7-11/h4-5,7,9-10H,2-3,6,8,16H2,1H3/t9-,10-/m1/s1. The van der Waals surface area contributed by atoms with Gasteiger partial charge in [-0.15, -0.1) is 0 Å². The zero-order valence-corrected chi connectivity index (χ0v) is 12.8. The molecule has 1 aromatic rings. The lowest BCUT2D eigenvalue weighted by atomic mass is 9.93. The van der Waals surface area contributed by atoms with E-state index >= 15 is 0 Å². The normalized spacial score (nSPS) is 22.7. The van der Waals surface area contributed by atoms with E-state index in [0.717, 1.165) is 25.0 Å². The van der Waals surface area contributed by atoms with Crippen molar-refractivity contribution < 1.29 is 12.8 Å². The lowest BCUT2D eigenvalue weighted by molar-refractivity contribution is 0.243. The van der Waals surface area contributed by atoms with Gasteiger partial charge in [0.1, 0.15) is 5.82 Å². The number of hydrogen-bond acceptors (Lipinski definition) is 3. The van der Waals surface area contributed by atoms with E-state index in [1.807, 2.05) is 6.92 Å². The van der Waals surface area contributed by atoms with Crippen molar-refractivity contribution in [3.63, 3.8) is 0 Å². The highest BCUT2D eigenvalue weighted by Crippen LogP contribution is 2.27. The molecular formula is C13H18ClFN2O2S. The quantitative estimate of drug-likeness (QED) is 0.929. The number of rotatable bonds is 3. The molecule has 1 saturated heterocycles. The molecule has 112 valence electrons. The molecule has 1 heterocycles. The van der Waals surface area contributed by atoms with Gasteiger partial charge >= 0.3 is 0 Å². The van der Waals surface area contributed by atoms with Gasteiger partial charge in [-0.25, -0.2) is 12.8 Å². The Labute approximate surface area is 123 Å². The maximum Gasteiger partial charge on any atom is 0.243 e. The molecule has 0 unspecified atom stereocenters. The number of nitrogens with zero attached hydrogens (tertiary/aromatic N) is 1. The molecule has 0 aromatic heterocycles. The zero-order valence-electron chi connectivity index (χ0n) is 11.2. The second kappa shape index (κ2) is 5.97. The summed E-state index contributed by atoms with van der Waals surface area (Å²) in [5.74, 6) is -0.479. The van der Waals surface area contributed by atoms with Crippen molar-refractivity contribution in [2.45, 2.75) is 30.7 Å². The molecule has 2 atom stereocenters. The van der Waals surface area contributed by atoms with E-state index in [1.165, 1.54) is 10.4 Å². The summed E-state index contributed by atoms with van der Waals surface area (Å²) in [5, 5.41) is -0.188. The molecule has 0 radical (unpaired) electrons. The molecule has 2 rings (SSSR count). The van der Waals surface area contributed by atoms with Crippen LogP contribution in [-0.2, 0) is 10.0 Å². The van der Waals surface area contributed by atoms with Crippen LogP contribution in [0.1, 0.15) is 19.8 Å². The minimum atomic E-state index is -3.64. The Kier molecular flexibility index (Phi) is 4.69. The van der Waals surface area contributed by atoms with Crippen LogP contribution in [0, 0.1) is 11.7 Å². The van der Waals surface area contributed by atoms with Gasteiger partial charge in [0.25, 0.3) is 0 Å². The van der Waals surface area contributed by atoms with Gasteiger partial charge in [0.15, 0.2) is 0 Å². The van der Waals surface area contributed by atoms with Crippen molar-refractivity contribution in [1.29, 1.82) is 0 Å². The minimum Gasteiger partial charge on any atom is -0.328 e. The van der Waals surface area contributed by atoms with Crippen LogP contribution < -0.4 is 5.73 Å². The van der Waals surface area contributed by atoms with E-state index in [-0.39, 0.29) is 21.9 Å². The molecule has 0 aliphatic carbocycles. The molecule has 0 bridgehead atoms. The molecule has 20 heavy (non-hydrogen) atoms. The van der Waals surface area contributed by atoms with Crippen LogP contribution in [0.2, 0.25) is 5.02 Å². The summed E-state index contributed by atoms with van der Waals surface area (Å²) < 4.78 is 39.6. The summed E-state index contributed by atoms with van der Waals surface area (Å²) in [4.78, 5) is 0.0224. The summed E-state index contributed by atoms with van der Waals surface area (Å²) in [6.45, 7) is 2.74. The first-order valence-corrected chi connectivity index (χ1v) is 8.35. The molecule has 0 spiro atoms. The molecule has 1 aliphatic rings. The third-order valence-corrected chi connectivity index (χ3v) is 5.84. The second-order valence-electron chi connectivity index (χ2n) is 5.20. The molecular weight excluding hydrogens is 303 g/mol. The van der Waals surface area contributed by atoms with E-state index < -0.39 is 15.8 Å². The summed E-state index contributed by atoms with van der Waals surface area (Å²) in [7, 11) is -3.64. The smallest absolute Gasteiger partial charge is 0.243 e. The number of halogens is 2. The van der Waals surface area contributed by atoms with Gasteiger partial charge in [0.2, 0.25) is 10.0 Å². The monoisotopic (exact) mass is 320 g/mol. The Balaban J connectivity index is 2.27. The molecule has 1 fully saturated rings. The lowest BCUT2D eigenvalue weighted by Gasteiger charge is -2.33. The van der Waals surface area contributed by atoms with Gasteiger partial charge in [0, 0.05) is 19.1 Å². The van der Waals surface area contributed by atoms with E-state index in [9.17, 15) is 12.8 Å². The zero-order chi connectivity index (χ0) is 14.9. The van der Waals surface area contributed by atoms with Crippen molar-refractivity contribution in [2.75, 3.05) is 13.1 Å². The van der Waals surface area contributed by atoms with Crippen molar-refractivity contribution in [2.24, 2.45) is 11.7 Å². The van der Waals surface area contributed by atoms with Crippen LogP contribution in [0.3, 0.4) is 0 Å². The molecule has 1 aliphatic heterocycles. The minimum absolute atomic E-state index is 0.0224. The van der Waals surface area contributed by atoms with E-state index in [0.29, 0.717) is 13.1 Å². The highest BCUT2D eigenvalue weighted by Gasteiger charge is 2.31. The maximum absolute atomic E-state index is 13.1. The van der Waals surface area contributed by atoms with E-state index in [1.54, 1.807) is 0 Å². The van der Waals surface area contributed by atoms with Gasteiger partial charge in [-0.05, 0) is 43.9 Å².